The van der Waals surface area contributed by atoms with E-state index >= 15 is 0 Å². The van der Waals surface area contributed by atoms with Gasteiger partial charge in [0.1, 0.15) is 0 Å². The average Bonchev–Trinajstić information content (AvgIpc) is 3.04. The van der Waals surface area contributed by atoms with E-state index in [1.165, 1.54) is 0 Å². The van der Waals surface area contributed by atoms with Crippen LogP contribution in [-0.2, 0) is 11.2 Å². The van der Waals surface area contributed by atoms with Crippen molar-refractivity contribution in [3.8, 4) is 0 Å². The largest absolute Gasteiger partial charge is 0.610 e. The highest BCUT2D eigenvalue weighted by Crippen LogP contribution is 2.35. The second-order valence-electron chi connectivity index (χ2n) is 4.02. The van der Waals surface area contributed by atoms with Crippen LogP contribution in [0.1, 0.15) is 23.2 Å². The lowest BCUT2D eigenvalue weighted by Gasteiger charge is -2.03. The van der Waals surface area contributed by atoms with Gasteiger partial charge in [0.2, 0.25) is 0 Å². The molecule has 1 heterocycles. The van der Waals surface area contributed by atoms with Crippen LogP contribution in [-0.4, -0.2) is 16.2 Å². The maximum atomic E-state index is 11.8. The molecule has 78 valence electrons. The molecule has 0 saturated heterocycles. The Morgan fingerprint density at radius 2 is 2.27 bits per heavy atom. The summed E-state index contributed by atoms with van der Waals surface area (Å²) >= 11 is -0.981. The molecule has 1 aliphatic carbocycles. The van der Waals surface area contributed by atoms with Gasteiger partial charge in [0.15, 0.2) is 16.6 Å². The van der Waals surface area contributed by atoms with E-state index in [0.29, 0.717) is 11.4 Å². The molecule has 1 unspecified atom stereocenters. The first-order chi connectivity index (χ1) is 7.25. The normalized spacial score (nSPS) is 23.4. The molecule has 3 nitrogen and oxygen atoms in total. The molecule has 0 spiro atoms. The van der Waals surface area contributed by atoms with Gasteiger partial charge in [0.05, 0.1) is 5.69 Å². The molecule has 1 aromatic carbocycles. The molecule has 4 heteroatoms. The molecule has 3 rings (SSSR count). The molecule has 0 radical (unpaired) electrons. The molecular weight excluding hydrogens is 210 g/mol. The zero-order valence-electron chi connectivity index (χ0n) is 8.16. The topological polar surface area (TPSA) is 52.2 Å². The Morgan fingerprint density at radius 3 is 3.00 bits per heavy atom. The maximum Gasteiger partial charge on any atom is 0.181 e. The third-order valence-electron chi connectivity index (χ3n) is 2.85. The van der Waals surface area contributed by atoms with Gasteiger partial charge < -0.3 is 9.87 Å². The van der Waals surface area contributed by atoms with E-state index in [1.807, 2.05) is 12.1 Å². The first kappa shape index (κ1) is 9.24. The van der Waals surface area contributed by atoms with Gasteiger partial charge in [-0.15, -0.1) is 0 Å². The van der Waals surface area contributed by atoms with Crippen molar-refractivity contribution in [3.63, 3.8) is 0 Å². The smallest absolute Gasteiger partial charge is 0.181 e. The lowest BCUT2D eigenvalue weighted by atomic mass is 10.1. The summed E-state index contributed by atoms with van der Waals surface area (Å²) in [5.74, 6) is 0.906. The number of hydrogen-bond donors (Lipinski definition) is 1. The van der Waals surface area contributed by atoms with Crippen molar-refractivity contribution in [3.05, 3.63) is 23.8 Å². The third-order valence-corrected chi connectivity index (χ3v) is 4.09. The van der Waals surface area contributed by atoms with Crippen molar-refractivity contribution < 1.29 is 9.35 Å². The van der Waals surface area contributed by atoms with Gasteiger partial charge in [-0.05, 0) is 25.0 Å². The lowest BCUT2D eigenvalue weighted by Crippen LogP contribution is -2.04. The second kappa shape index (κ2) is 3.25. The number of carbonyl (C=O) groups excluding carboxylic acids is 1. The van der Waals surface area contributed by atoms with Gasteiger partial charge in [0.25, 0.3) is 0 Å². The van der Waals surface area contributed by atoms with Crippen molar-refractivity contribution in [2.45, 2.75) is 17.7 Å². The fourth-order valence-corrected chi connectivity index (χ4v) is 2.90. The summed E-state index contributed by atoms with van der Waals surface area (Å²) in [5.41, 5.74) is 1.62. The monoisotopic (exact) mass is 221 g/mol. The number of nitrogens with one attached hydrogen (secondary N) is 1. The fourth-order valence-electron chi connectivity index (χ4n) is 1.81. The number of ketones is 1. The Labute approximate surface area is 91.1 Å². The van der Waals surface area contributed by atoms with E-state index in [9.17, 15) is 9.35 Å². The number of rotatable bonds is 2. The highest BCUT2D eigenvalue weighted by Gasteiger charge is 2.32. The molecule has 1 atom stereocenters. The molecule has 0 aromatic heterocycles. The molecule has 1 N–H and O–H groups in total. The van der Waals surface area contributed by atoms with E-state index in [2.05, 4.69) is 5.32 Å². The summed E-state index contributed by atoms with van der Waals surface area (Å²) < 4.78 is 11.6. The van der Waals surface area contributed by atoms with Crippen LogP contribution in [0.2, 0.25) is 0 Å². The minimum Gasteiger partial charge on any atom is -0.610 e. The SMILES string of the molecule is O=C(c1ccc2c(c1)[S+]([O-])CN2)C1CC1. The zero-order chi connectivity index (χ0) is 10.4. The number of hydrogen-bond acceptors (Lipinski definition) is 3. The molecule has 1 aliphatic heterocycles. The van der Waals surface area contributed by atoms with Gasteiger partial charge in [0, 0.05) is 28.7 Å². The van der Waals surface area contributed by atoms with Gasteiger partial charge in [-0.1, -0.05) is 0 Å². The Balaban J connectivity index is 1.97. The maximum absolute atomic E-state index is 11.8. The van der Waals surface area contributed by atoms with E-state index in [-0.39, 0.29) is 11.7 Å². The second-order valence-corrected chi connectivity index (χ2v) is 5.44. The Morgan fingerprint density at radius 1 is 1.47 bits per heavy atom. The summed E-state index contributed by atoms with van der Waals surface area (Å²) in [6.07, 6.45) is 2.02. The Bertz CT molecular complexity index is 429. The van der Waals surface area contributed by atoms with Crippen molar-refractivity contribution in [1.82, 2.24) is 0 Å². The van der Waals surface area contributed by atoms with E-state index in [4.69, 9.17) is 0 Å². The quantitative estimate of drug-likeness (QED) is 0.611. The fraction of sp³-hybridized carbons (Fsp3) is 0.364. The van der Waals surface area contributed by atoms with Crippen LogP contribution in [0.25, 0.3) is 0 Å². The number of carbonyl (C=O) groups is 1. The molecule has 1 fully saturated rings. The highest BCUT2D eigenvalue weighted by atomic mass is 32.2. The van der Waals surface area contributed by atoms with Crippen molar-refractivity contribution >= 4 is 22.6 Å². The molecular formula is C11H11NO2S. The van der Waals surface area contributed by atoms with Gasteiger partial charge in [-0.3, -0.25) is 4.79 Å². The minimum absolute atomic E-state index is 0.210. The molecule has 15 heavy (non-hydrogen) atoms. The summed E-state index contributed by atoms with van der Waals surface area (Å²) in [6, 6.07) is 5.47. The predicted molar refractivity (Wildman–Crippen MR) is 58.4 cm³/mol. The first-order valence-electron chi connectivity index (χ1n) is 5.06. The molecule has 0 bridgehead atoms. The highest BCUT2D eigenvalue weighted by molar-refractivity contribution is 7.92. The summed E-state index contributed by atoms with van der Waals surface area (Å²) in [7, 11) is 0. The number of anilines is 1. The average molecular weight is 221 g/mol. The van der Waals surface area contributed by atoms with E-state index in [0.717, 1.165) is 23.4 Å². The van der Waals surface area contributed by atoms with E-state index in [1.54, 1.807) is 6.07 Å². The Kier molecular flexibility index (Phi) is 2.00. The summed E-state index contributed by atoms with van der Waals surface area (Å²) in [6.45, 7) is 0. The van der Waals surface area contributed by atoms with Gasteiger partial charge in [-0.2, -0.15) is 0 Å². The molecule has 2 aliphatic rings. The van der Waals surface area contributed by atoms with Crippen LogP contribution in [0.3, 0.4) is 0 Å². The van der Waals surface area contributed by atoms with Gasteiger partial charge >= 0.3 is 0 Å². The molecule has 0 amide bonds. The first-order valence-corrected chi connectivity index (χ1v) is 6.38. The summed E-state index contributed by atoms with van der Waals surface area (Å²) in [4.78, 5) is 12.6. The number of fused-ring (bicyclic) bond motifs is 1. The zero-order valence-corrected chi connectivity index (χ0v) is 8.97. The van der Waals surface area contributed by atoms with Gasteiger partial charge in [-0.25, -0.2) is 0 Å². The summed E-state index contributed by atoms with van der Waals surface area (Å²) in [5, 5.41) is 3.05. The lowest BCUT2D eigenvalue weighted by molar-refractivity contribution is 0.0967. The van der Waals surface area contributed by atoms with Crippen LogP contribution in [0.5, 0.6) is 0 Å². The number of Topliss-reactive ketones (excluding diaryl/α,β-unsaturated/α-hetero) is 1. The van der Waals surface area contributed by atoms with Crippen molar-refractivity contribution in [2.24, 2.45) is 5.92 Å². The number of benzene rings is 1. The van der Waals surface area contributed by atoms with Crippen molar-refractivity contribution in [1.29, 1.82) is 0 Å². The third kappa shape index (κ3) is 1.54. The van der Waals surface area contributed by atoms with Crippen LogP contribution >= 0.6 is 0 Å². The van der Waals surface area contributed by atoms with Crippen LogP contribution in [0, 0.1) is 5.92 Å². The van der Waals surface area contributed by atoms with Crippen molar-refractivity contribution in [2.75, 3.05) is 11.2 Å². The Hall–Kier alpha value is -1.00. The van der Waals surface area contributed by atoms with Crippen LogP contribution < -0.4 is 5.32 Å². The predicted octanol–water partition coefficient (Wildman–Crippen LogP) is 1.77. The van der Waals surface area contributed by atoms with E-state index < -0.39 is 11.2 Å². The molecule has 1 aromatic rings. The van der Waals surface area contributed by atoms with Crippen LogP contribution in [0.4, 0.5) is 5.69 Å². The standard InChI is InChI=1S/C11H11NO2S/c13-11(7-1-2-7)8-3-4-9-10(5-8)15(14)6-12-9/h3-5,7,12H,1-2,6H2. The minimum atomic E-state index is -0.981. The van der Waals surface area contributed by atoms with Crippen LogP contribution in [0.15, 0.2) is 23.1 Å². The molecule has 1 saturated carbocycles.